The van der Waals surface area contributed by atoms with Gasteiger partial charge in [0, 0.05) is 4.91 Å². The lowest BCUT2D eigenvalue weighted by atomic mass is 10.0. The number of hydrogen-bond acceptors (Lipinski definition) is 4. The van der Waals surface area contributed by atoms with Gasteiger partial charge in [-0.15, -0.1) is 0 Å². The Morgan fingerprint density at radius 2 is 2.15 bits per heavy atom. The number of halogens is 1. The van der Waals surface area contributed by atoms with Gasteiger partial charge in [-0.25, -0.2) is 4.39 Å². The molecule has 1 heterocycles. The van der Waals surface area contributed by atoms with Crippen molar-refractivity contribution in [3.63, 3.8) is 0 Å². The molecule has 1 aromatic rings. The number of hydrogen-bond donors (Lipinski definition) is 1. The summed E-state index contributed by atoms with van der Waals surface area (Å²) in [6, 6.07) is 7.86. The van der Waals surface area contributed by atoms with Gasteiger partial charge < -0.3 is 14.6 Å². The number of benzene rings is 1. The number of nitrogens with zero attached hydrogens (tertiary/aromatic N) is 3. The molecule has 1 aliphatic rings. The molecule has 2 rings (SSSR count). The first-order valence-corrected chi connectivity index (χ1v) is 6.01. The highest BCUT2D eigenvalue weighted by Gasteiger charge is 2.43. The molecule has 1 fully saturated rings. The van der Waals surface area contributed by atoms with E-state index in [0.29, 0.717) is 0 Å². The monoisotopic (exact) mass is 279 g/mol. The Kier molecular flexibility index (Phi) is 4.57. The van der Waals surface area contributed by atoms with Crippen molar-refractivity contribution in [1.29, 1.82) is 0 Å². The van der Waals surface area contributed by atoms with Crippen LogP contribution in [0, 0.1) is 0 Å². The predicted octanol–water partition coefficient (Wildman–Crippen LogP) is 2.45. The van der Waals surface area contributed by atoms with Gasteiger partial charge in [-0.05, 0) is 11.1 Å². The Morgan fingerprint density at radius 1 is 1.45 bits per heavy atom. The smallest absolute Gasteiger partial charge is 0.231 e. The molecule has 0 bridgehead atoms. The Bertz CT molecular complexity index is 519. The van der Waals surface area contributed by atoms with Crippen molar-refractivity contribution >= 4 is 0 Å². The Labute approximate surface area is 115 Å². The maximum atomic E-state index is 14.1. The average molecular weight is 279 g/mol. The number of rotatable bonds is 4. The lowest BCUT2D eigenvalue weighted by Crippen LogP contribution is -2.49. The standard InChI is InChI=1S/C13H14FN3O3/c1-8-12(18)11(16-17-15)10(14)13(20-8)19-7-9-5-3-2-4-6-9/h2-6,10-13,18H,1,7H2/t10-,11-,12+,13-/m0/s1. The molecule has 1 saturated heterocycles. The second-order valence-electron chi connectivity index (χ2n) is 4.33. The molecule has 106 valence electrons. The summed E-state index contributed by atoms with van der Waals surface area (Å²) >= 11 is 0. The van der Waals surface area contributed by atoms with Crippen LogP contribution in [-0.2, 0) is 16.1 Å². The molecule has 0 aromatic heterocycles. The van der Waals surface area contributed by atoms with Crippen LogP contribution in [0.3, 0.4) is 0 Å². The Morgan fingerprint density at radius 3 is 2.80 bits per heavy atom. The van der Waals surface area contributed by atoms with E-state index >= 15 is 0 Å². The molecular formula is C13H14FN3O3. The zero-order valence-electron chi connectivity index (χ0n) is 10.6. The van der Waals surface area contributed by atoms with E-state index in [4.69, 9.17) is 15.0 Å². The molecule has 1 aliphatic heterocycles. The van der Waals surface area contributed by atoms with Gasteiger partial charge in [-0.3, -0.25) is 0 Å². The molecule has 7 heteroatoms. The Balaban J connectivity index is 2.04. The maximum Gasteiger partial charge on any atom is 0.231 e. The fraction of sp³-hybridized carbons (Fsp3) is 0.385. The highest BCUT2D eigenvalue weighted by atomic mass is 19.1. The second-order valence-corrected chi connectivity index (χ2v) is 4.33. The number of alkyl halides is 1. The van der Waals surface area contributed by atoms with Crippen LogP contribution in [0.2, 0.25) is 0 Å². The van der Waals surface area contributed by atoms with Crippen molar-refractivity contribution < 1.29 is 19.0 Å². The van der Waals surface area contributed by atoms with Crippen LogP contribution in [0.1, 0.15) is 5.56 Å². The molecular weight excluding hydrogens is 265 g/mol. The van der Waals surface area contributed by atoms with E-state index in [0.717, 1.165) is 5.56 Å². The van der Waals surface area contributed by atoms with Gasteiger partial charge in [0.05, 0.1) is 6.61 Å². The summed E-state index contributed by atoms with van der Waals surface area (Å²) in [5.41, 5.74) is 9.25. The molecule has 6 nitrogen and oxygen atoms in total. The van der Waals surface area contributed by atoms with Gasteiger partial charge >= 0.3 is 0 Å². The maximum absolute atomic E-state index is 14.1. The first kappa shape index (κ1) is 14.3. The SMILES string of the molecule is C=C1O[C@H](OCc2ccccc2)[C@@H](F)[C@H](N=[N+]=[N-])[C@@H]1O. The molecule has 20 heavy (non-hydrogen) atoms. The van der Waals surface area contributed by atoms with Crippen LogP contribution >= 0.6 is 0 Å². The first-order chi connectivity index (χ1) is 9.63. The molecule has 0 aliphatic carbocycles. The largest absolute Gasteiger partial charge is 0.464 e. The number of aliphatic hydroxyl groups is 1. The van der Waals surface area contributed by atoms with Crippen LogP contribution < -0.4 is 0 Å². The zero-order chi connectivity index (χ0) is 14.5. The average Bonchev–Trinajstić information content (AvgIpc) is 2.47. The van der Waals surface area contributed by atoms with Crippen molar-refractivity contribution in [1.82, 2.24) is 0 Å². The van der Waals surface area contributed by atoms with Crippen LogP contribution in [0.15, 0.2) is 47.8 Å². The van der Waals surface area contributed by atoms with Gasteiger partial charge in [0.2, 0.25) is 6.29 Å². The van der Waals surface area contributed by atoms with E-state index in [1.807, 2.05) is 30.3 Å². The van der Waals surface area contributed by atoms with Crippen molar-refractivity contribution in [3.05, 3.63) is 58.7 Å². The van der Waals surface area contributed by atoms with Gasteiger partial charge in [0.15, 0.2) is 6.17 Å². The van der Waals surface area contributed by atoms with Gasteiger partial charge in [0.1, 0.15) is 17.9 Å². The van der Waals surface area contributed by atoms with Crippen molar-refractivity contribution in [2.75, 3.05) is 0 Å². The van der Waals surface area contributed by atoms with Crippen molar-refractivity contribution in [2.45, 2.75) is 31.2 Å². The van der Waals surface area contributed by atoms with E-state index in [1.165, 1.54) is 0 Å². The summed E-state index contributed by atoms with van der Waals surface area (Å²) in [6.45, 7) is 3.60. The minimum atomic E-state index is -1.77. The quantitative estimate of drug-likeness (QED) is 0.521. The van der Waals surface area contributed by atoms with Gasteiger partial charge in [-0.2, -0.15) is 0 Å². The molecule has 0 unspecified atom stereocenters. The highest BCUT2D eigenvalue weighted by molar-refractivity contribution is 5.13. The minimum absolute atomic E-state index is 0.0747. The van der Waals surface area contributed by atoms with Crippen LogP contribution in [0.4, 0.5) is 4.39 Å². The third kappa shape index (κ3) is 3.08. The van der Waals surface area contributed by atoms with E-state index in [1.54, 1.807) is 0 Å². The fourth-order valence-corrected chi connectivity index (χ4v) is 1.87. The third-order valence-electron chi connectivity index (χ3n) is 2.95. The lowest BCUT2D eigenvalue weighted by molar-refractivity contribution is -0.201. The predicted molar refractivity (Wildman–Crippen MR) is 69.1 cm³/mol. The van der Waals surface area contributed by atoms with E-state index < -0.39 is 24.6 Å². The molecule has 0 spiro atoms. The molecule has 0 saturated carbocycles. The van der Waals surface area contributed by atoms with Crippen molar-refractivity contribution in [3.8, 4) is 0 Å². The van der Waals surface area contributed by atoms with Crippen LogP contribution in [0.25, 0.3) is 10.4 Å². The molecule has 4 atom stereocenters. The first-order valence-electron chi connectivity index (χ1n) is 6.01. The van der Waals surface area contributed by atoms with E-state index in [-0.39, 0.29) is 12.4 Å². The second kappa shape index (κ2) is 6.38. The zero-order valence-corrected chi connectivity index (χ0v) is 10.6. The fourth-order valence-electron chi connectivity index (χ4n) is 1.87. The normalized spacial score (nSPS) is 29.4. The van der Waals surface area contributed by atoms with Gasteiger partial charge in [-0.1, -0.05) is 42.0 Å². The third-order valence-corrected chi connectivity index (χ3v) is 2.95. The number of ether oxygens (including phenoxy) is 2. The molecule has 0 radical (unpaired) electrons. The summed E-state index contributed by atoms with van der Waals surface area (Å²) in [6.07, 6.45) is -4.41. The van der Waals surface area contributed by atoms with E-state index in [9.17, 15) is 9.50 Å². The van der Waals surface area contributed by atoms with Crippen LogP contribution in [0.5, 0.6) is 0 Å². The van der Waals surface area contributed by atoms with Gasteiger partial charge in [0.25, 0.3) is 0 Å². The Hall–Kier alpha value is -2.08. The minimum Gasteiger partial charge on any atom is -0.464 e. The van der Waals surface area contributed by atoms with Crippen LogP contribution in [-0.4, -0.2) is 29.7 Å². The number of aliphatic hydroxyl groups excluding tert-OH is 1. The van der Waals surface area contributed by atoms with Crippen molar-refractivity contribution in [2.24, 2.45) is 5.11 Å². The topological polar surface area (TPSA) is 87.5 Å². The summed E-state index contributed by atoms with van der Waals surface area (Å²) in [4.78, 5) is 2.52. The summed E-state index contributed by atoms with van der Waals surface area (Å²) in [5, 5.41) is 12.9. The molecule has 1 N–H and O–H groups in total. The highest BCUT2D eigenvalue weighted by Crippen LogP contribution is 2.28. The summed E-state index contributed by atoms with van der Waals surface area (Å²) < 4.78 is 24.5. The summed E-state index contributed by atoms with van der Waals surface area (Å²) in [5.74, 6) is -0.0747. The summed E-state index contributed by atoms with van der Waals surface area (Å²) in [7, 11) is 0. The lowest BCUT2D eigenvalue weighted by Gasteiger charge is -2.35. The molecule has 1 aromatic carbocycles. The molecule has 0 amide bonds. The number of azide groups is 1. The van der Waals surface area contributed by atoms with E-state index in [2.05, 4.69) is 16.6 Å².